The molecule has 1 aromatic rings. The molecule has 4 aliphatic carbocycles. The Hall–Kier alpha value is -1.57. The first-order chi connectivity index (χ1) is 12.9. The van der Waals surface area contributed by atoms with Gasteiger partial charge in [0.05, 0.1) is 0 Å². The van der Waals surface area contributed by atoms with E-state index in [1.165, 1.54) is 30.4 Å². The van der Waals surface area contributed by atoms with Gasteiger partial charge in [0, 0.05) is 11.8 Å². The van der Waals surface area contributed by atoms with Gasteiger partial charge in [0.1, 0.15) is 11.5 Å². The minimum atomic E-state index is -0.0322. The molecule has 0 aromatic heterocycles. The second-order valence-electron chi connectivity index (χ2n) is 10.3. The van der Waals surface area contributed by atoms with Crippen molar-refractivity contribution in [2.24, 2.45) is 22.7 Å². The maximum Gasteiger partial charge on any atom is 0.139 e. The number of hydrogen-bond acceptors (Lipinski definition) is 2. The van der Waals surface area contributed by atoms with Gasteiger partial charge in [-0.15, -0.1) is 6.58 Å². The van der Waals surface area contributed by atoms with Crippen LogP contribution in [0.2, 0.25) is 0 Å². The van der Waals surface area contributed by atoms with Crippen LogP contribution in [0.3, 0.4) is 0 Å². The Morgan fingerprint density at radius 2 is 1.93 bits per heavy atom. The minimum Gasteiger partial charge on any atom is -0.508 e. The zero-order valence-electron chi connectivity index (χ0n) is 16.8. The second kappa shape index (κ2) is 5.49. The Kier molecular flexibility index (Phi) is 3.56. The van der Waals surface area contributed by atoms with E-state index in [-0.39, 0.29) is 16.2 Å². The van der Waals surface area contributed by atoms with E-state index in [1.54, 1.807) is 0 Å². The number of allylic oxidation sites excluding steroid dienone is 1. The highest BCUT2D eigenvalue weighted by Gasteiger charge is 2.69. The third-order valence-corrected chi connectivity index (χ3v) is 9.47. The fourth-order valence-corrected chi connectivity index (χ4v) is 8.05. The monoisotopic (exact) mass is 364 g/mol. The number of aryl methyl sites for hydroxylation is 1. The number of carbonyl (C=O) groups is 1. The number of carbonyl (C=O) groups excluding carboxylic acids is 1. The first-order valence-electron chi connectivity index (χ1n) is 10.9. The first kappa shape index (κ1) is 17.5. The van der Waals surface area contributed by atoms with Crippen LogP contribution in [0.5, 0.6) is 5.75 Å². The largest absolute Gasteiger partial charge is 0.508 e. The lowest BCUT2D eigenvalue weighted by Crippen LogP contribution is -2.54. The van der Waals surface area contributed by atoms with Crippen molar-refractivity contribution >= 4 is 5.78 Å². The molecule has 0 aliphatic heterocycles. The predicted octanol–water partition coefficient (Wildman–Crippen LogP) is 5.50. The van der Waals surface area contributed by atoms with Crippen molar-refractivity contribution in [2.75, 3.05) is 0 Å². The van der Waals surface area contributed by atoms with Crippen LogP contribution >= 0.6 is 0 Å². The number of benzene rings is 1. The predicted molar refractivity (Wildman–Crippen MR) is 108 cm³/mol. The molecule has 5 atom stereocenters. The quantitative estimate of drug-likeness (QED) is 0.704. The lowest BCUT2D eigenvalue weighted by Gasteiger charge is -2.57. The molecule has 1 aromatic carbocycles. The highest BCUT2D eigenvalue weighted by molar-refractivity contribution is 5.89. The van der Waals surface area contributed by atoms with E-state index in [1.807, 2.05) is 12.1 Å². The molecule has 4 aliphatic rings. The van der Waals surface area contributed by atoms with E-state index in [4.69, 9.17) is 0 Å². The highest BCUT2D eigenvalue weighted by Crippen LogP contribution is 2.73. The van der Waals surface area contributed by atoms with Crippen LogP contribution in [0.15, 0.2) is 24.8 Å². The SMILES string of the molecule is C=CCc1cc2c(cc1O)CCC1C3CC[C@@]4(C)CCC(=O)[C@@]34CC[C@]21C. The van der Waals surface area contributed by atoms with Crippen molar-refractivity contribution in [2.45, 2.75) is 77.0 Å². The van der Waals surface area contributed by atoms with E-state index in [0.717, 1.165) is 37.7 Å². The van der Waals surface area contributed by atoms with Crippen LogP contribution < -0.4 is 0 Å². The summed E-state index contributed by atoms with van der Waals surface area (Å²) >= 11 is 0. The van der Waals surface area contributed by atoms with Crippen molar-refractivity contribution in [1.82, 2.24) is 0 Å². The van der Waals surface area contributed by atoms with Crippen LogP contribution in [0.4, 0.5) is 0 Å². The van der Waals surface area contributed by atoms with Crippen molar-refractivity contribution < 1.29 is 9.90 Å². The molecule has 144 valence electrons. The third-order valence-electron chi connectivity index (χ3n) is 9.47. The van der Waals surface area contributed by atoms with Gasteiger partial charge >= 0.3 is 0 Å². The van der Waals surface area contributed by atoms with Crippen molar-refractivity contribution in [3.05, 3.63) is 41.5 Å². The molecule has 5 rings (SSSR count). The smallest absolute Gasteiger partial charge is 0.139 e. The second-order valence-corrected chi connectivity index (χ2v) is 10.3. The number of phenols is 1. The summed E-state index contributed by atoms with van der Waals surface area (Å²) in [6.45, 7) is 8.72. The molecule has 2 heteroatoms. The molecule has 1 N–H and O–H groups in total. The number of fused-ring (bicyclic) bond motifs is 4. The summed E-state index contributed by atoms with van der Waals surface area (Å²) in [5.74, 6) is 2.16. The summed E-state index contributed by atoms with van der Waals surface area (Å²) in [5, 5.41) is 10.4. The minimum absolute atomic E-state index is 0.0322. The summed E-state index contributed by atoms with van der Waals surface area (Å²) in [6.07, 6.45) is 11.4. The van der Waals surface area contributed by atoms with E-state index in [0.29, 0.717) is 29.8 Å². The molecule has 0 heterocycles. The van der Waals surface area contributed by atoms with Gasteiger partial charge in [-0.3, -0.25) is 4.79 Å². The zero-order chi connectivity index (χ0) is 19.0. The van der Waals surface area contributed by atoms with Crippen LogP contribution in [-0.4, -0.2) is 10.9 Å². The van der Waals surface area contributed by atoms with Gasteiger partial charge in [-0.05, 0) is 96.8 Å². The van der Waals surface area contributed by atoms with E-state index < -0.39 is 0 Å². The average molecular weight is 365 g/mol. The Labute approximate surface area is 163 Å². The highest BCUT2D eigenvalue weighted by atomic mass is 16.3. The summed E-state index contributed by atoms with van der Waals surface area (Å²) in [4.78, 5) is 13.2. The third kappa shape index (κ3) is 2.00. The fraction of sp³-hybridized carbons (Fsp3) is 0.640. The average Bonchev–Trinajstić information content (AvgIpc) is 3.07. The van der Waals surface area contributed by atoms with E-state index in [2.05, 4.69) is 26.5 Å². The molecule has 2 nitrogen and oxygen atoms in total. The Morgan fingerprint density at radius 3 is 2.70 bits per heavy atom. The van der Waals surface area contributed by atoms with Gasteiger partial charge in [0.25, 0.3) is 0 Å². The van der Waals surface area contributed by atoms with E-state index >= 15 is 0 Å². The molecule has 27 heavy (non-hydrogen) atoms. The Balaban J connectivity index is 1.61. The summed E-state index contributed by atoms with van der Waals surface area (Å²) in [7, 11) is 0. The summed E-state index contributed by atoms with van der Waals surface area (Å²) in [6, 6.07) is 4.28. The summed E-state index contributed by atoms with van der Waals surface area (Å²) < 4.78 is 0. The standard InChI is InChI=1S/C25H32O2/c1-4-5-17-14-20-16(15-21(17)26)6-7-18-19-8-10-23(2)11-9-22(27)25(19,23)13-12-24(18,20)3/h4,14-15,18-19,26H,1,5-13H2,2-3H3/t18?,19?,23-,24-,25+/m0/s1. The van der Waals surface area contributed by atoms with Crippen molar-refractivity contribution in [3.63, 3.8) is 0 Å². The Morgan fingerprint density at radius 1 is 1.11 bits per heavy atom. The van der Waals surface area contributed by atoms with Gasteiger partial charge in [0.2, 0.25) is 0 Å². The van der Waals surface area contributed by atoms with Crippen molar-refractivity contribution in [1.29, 1.82) is 0 Å². The molecule has 0 radical (unpaired) electrons. The molecule has 0 amide bonds. The lowest BCUT2D eigenvalue weighted by atomic mass is 9.46. The van der Waals surface area contributed by atoms with E-state index in [9.17, 15) is 9.90 Å². The molecule has 3 saturated carbocycles. The fourth-order valence-electron chi connectivity index (χ4n) is 8.05. The number of rotatable bonds is 2. The lowest BCUT2D eigenvalue weighted by molar-refractivity contribution is -0.139. The summed E-state index contributed by atoms with van der Waals surface area (Å²) in [5.41, 5.74) is 4.13. The van der Waals surface area contributed by atoms with Gasteiger partial charge in [-0.1, -0.05) is 26.0 Å². The topological polar surface area (TPSA) is 37.3 Å². The maximum atomic E-state index is 13.2. The Bertz CT molecular complexity index is 839. The van der Waals surface area contributed by atoms with Gasteiger partial charge < -0.3 is 5.11 Å². The molecule has 0 saturated heterocycles. The van der Waals surface area contributed by atoms with Gasteiger partial charge in [0.15, 0.2) is 0 Å². The molecular weight excluding hydrogens is 332 g/mol. The molecule has 2 unspecified atom stereocenters. The van der Waals surface area contributed by atoms with Crippen LogP contribution in [-0.2, 0) is 23.1 Å². The zero-order valence-corrected chi connectivity index (χ0v) is 16.8. The molecule has 3 fully saturated rings. The first-order valence-corrected chi connectivity index (χ1v) is 10.9. The normalized spacial score (nSPS) is 42.2. The van der Waals surface area contributed by atoms with Gasteiger partial charge in [-0.2, -0.15) is 0 Å². The van der Waals surface area contributed by atoms with Crippen LogP contribution in [0, 0.1) is 22.7 Å². The van der Waals surface area contributed by atoms with Gasteiger partial charge in [-0.25, -0.2) is 0 Å². The number of phenolic OH excluding ortho intramolecular Hbond substituents is 1. The van der Waals surface area contributed by atoms with Crippen LogP contribution in [0.1, 0.15) is 75.5 Å². The maximum absolute atomic E-state index is 13.2. The molecule has 1 spiro atoms. The number of hydrogen-bond donors (Lipinski definition) is 1. The molecule has 0 bridgehead atoms. The molecular formula is C25H32O2. The number of Topliss-reactive ketones (excluding diaryl/α,β-unsaturated/α-hetero) is 1. The number of aromatic hydroxyl groups is 1. The van der Waals surface area contributed by atoms with Crippen molar-refractivity contribution in [3.8, 4) is 5.75 Å². The number of ketones is 1. The van der Waals surface area contributed by atoms with Crippen LogP contribution in [0.25, 0.3) is 0 Å².